The lowest BCUT2D eigenvalue weighted by Gasteiger charge is -2.52. The molecule has 4 fully saturated rings. The van der Waals surface area contributed by atoms with Gasteiger partial charge in [-0.3, -0.25) is 4.79 Å². The summed E-state index contributed by atoms with van der Waals surface area (Å²) in [7, 11) is 0. The molecule has 66 valence electrons. The van der Waals surface area contributed by atoms with Gasteiger partial charge < -0.3 is 5.73 Å². The molecule has 0 aromatic carbocycles. The van der Waals surface area contributed by atoms with Gasteiger partial charge in [0.1, 0.15) is 5.78 Å². The smallest absolute Gasteiger partial charge is 0.139 e. The number of carbonyl (C=O) groups excluding carboxylic acids is 1. The predicted octanol–water partition coefficient (Wildman–Crippen LogP) is 0.949. The van der Waals surface area contributed by atoms with Gasteiger partial charge in [0.2, 0.25) is 0 Å². The van der Waals surface area contributed by atoms with E-state index < -0.39 is 0 Å². The molecule has 0 spiro atoms. The van der Waals surface area contributed by atoms with E-state index in [4.69, 9.17) is 5.73 Å². The quantitative estimate of drug-likeness (QED) is 0.580. The van der Waals surface area contributed by atoms with E-state index in [1.807, 2.05) is 0 Å². The highest BCUT2D eigenvalue weighted by atomic mass is 16.1. The van der Waals surface area contributed by atoms with Gasteiger partial charge in [-0.1, -0.05) is 0 Å². The standard InChI is InChI=1S/C10H15NO/c11-9-5-1-7-3-6(9)4-8(2-5)10(7)12/h5-9H,1-4,11H2. The average Bonchev–Trinajstić information content (AvgIpc) is 2.02. The Labute approximate surface area is 72.5 Å². The van der Waals surface area contributed by atoms with E-state index in [1.165, 1.54) is 0 Å². The maximum atomic E-state index is 11.6. The molecule has 2 nitrogen and oxygen atoms in total. The minimum absolute atomic E-state index is 0.410. The highest BCUT2D eigenvalue weighted by Gasteiger charge is 2.51. The lowest BCUT2D eigenvalue weighted by molar-refractivity contribution is -0.141. The van der Waals surface area contributed by atoms with Crippen molar-refractivity contribution in [3.8, 4) is 0 Å². The number of carbonyl (C=O) groups is 1. The van der Waals surface area contributed by atoms with Crippen molar-refractivity contribution in [2.24, 2.45) is 29.4 Å². The number of hydrogen-bond acceptors (Lipinski definition) is 2. The first-order valence-electron chi connectivity index (χ1n) is 5.05. The van der Waals surface area contributed by atoms with Crippen molar-refractivity contribution in [3.05, 3.63) is 0 Å². The van der Waals surface area contributed by atoms with Crippen LogP contribution in [0.3, 0.4) is 0 Å². The van der Waals surface area contributed by atoms with Crippen LogP contribution in [0.2, 0.25) is 0 Å². The van der Waals surface area contributed by atoms with E-state index in [0.29, 0.717) is 35.5 Å². The molecule has 0 aliphatic heterocycles. The van der Waals surface area contributed by atoms with Crippen LogP contribution in [0, 0.1) is 23.7 Å². The van der Waals surface area contributed by atoms with Crippen molar-refractivity contribution in [2.45, 2.75) is 31.7 Å². The second-order valence-corrected chi connectivity index (χ2v) is 4.84. The molecule has 4 aliphatic carbocycles. The molecule has 2 heteroatoms. The number of Topliss-reactive ketones (excluding diaryl/α,β-unsaturated/α-hetero) is 1. The minimum atomic E-state index is 0.410. The predicted molar refractivity (Wildman–Crippen MR) is 45.4 cm³/mol. The Morgan fingerprint density at radius 1 is 1.00 bits per heavy atom. The van der Waals surface area contributed by atoms with Crippen molar-refractivity contribution in [1.29, 1.82) is 0 Å². The Balaban J connectivity index is 1.96. The lowest BCUT2D eigenvalue weighted by Crippen LogP contribution is -2.56. The van der Waals surface area contributed by atoms with Gasteiger partial charge in [0.15, 0.2) is 0 Å². The fraction of sp³-hybridized carbons (Fsp3) is 0.900. The Morgan fingerprint density at radius 2 is 1.42 bits per heavy atom. The molecule has 4 saturated carbocycles. The summed E-state index contributed by atoms with van der Waals surface area (Å²) in [6.07, 6.45) is 4.42. The molecule has 4 rings (SSSR count). The highest BCUT2D eigenvalue weighted by molar-refractivity contribution is 5.85. The van der Waals surface area contributed by atoms with Crippen molar-refractivity contribution < 1.29 is 4.79 Å². The zero-order valence-electron chi connectivity index (χ0n) is 7.20. The summed E-state index contributed by atoms with van der Waals surface area (Å²) in [6, 6.07) is 0.422. The van der Waals surface area contributed by atoms with Crippen LogP contribution >= 0.6 is 0 Å². The van der Waals surface area contributed by atoms with Crippen LogP contribution < -0.4 is 5.73 Å². The molecule has 0 unspecified atom stereocenters. The first-order valence-corrected chi connectivity index (χ1v) is 5.05. The molecule has 12 heavy (non-hydrogen) atoms. The van der Waals surface area contributed by atoms with Crippen LogP contribution in [-0.2, 0) is 4.79 Å². The first-order chi connectivity index (χ1) is 5.75. The molecular formula is C10H15NO. The molecule has 0 radical (unpaired) electrons. The normalized spacial score (nSPS) is 56.4. The van der Waals surface area contributed by atoms with Gasteiger partial charge in [0.05, 0.1) is 0 Å². The van der Waals surface area contributed by atoms with Gasteiger partial charge in [-0.15, -0.1) is 0 Å². The molecular weight excluding hydrogens is 150 g/mol. The number of hydrogen-bond donors (Lipinski definition) is 1. The van der Waals surface area contributed by atoms with Crippen LogP contribution in [0.15, 0.2) is 0 Å². The second kappa shape index (κ2) is 2.11. The summed E-state index contributed by atoms with van der Waals surface area (Å²) in [6.45, 7) is 0. The number of rotatable bonds is 0. The number of nitrogens with two attached hydrogens (primary N) is 1. The van der Waals surface area contributed by atoms with E-state index in [2.05, 4.69) is 0 Å². The fourth-order valence-electron chi connectivity index (χ4n) is 3.66. The summed E-state index contributed by atoms with van der Waals surface area (Å²) in [4.78, 5) is 11.6. The van der Waals surface area contributed by atoms with Crippen molar-refractivity contribution in [3.63, 3.8) is 0 Å². The van der Waals surface area contributed by atoms with E-state index in [9.17, 15) is 4.79 Å². The van der Waals surface area contributed by atoms with Crippen molar-refractivity contribution in [2.75, 3.05) is 0 Å². The molecule has 4 bridgehead atoms. The topological polar surface area (TPSA) is 43.1 Å². The average molecular weight is 165 g/mol. The maximum absolute atomic E-state index is 11.6. The summed E-state index contributed by atoms with van der Waals surface area (Å²) in [5.74, 6) is 2.75. The number of ketones is 1. The first kappa shape index (κ1) is 7.07. The minimum Gasteiger partial charge on any atom is -0.327 e. The summed E-state index contributed by atoms with van der Waals surface area (Å²) < 4.78 is 0. The van der Waals surface area contributed by atoms with Crippen LogP contribution in [-0.4, -0.2) is 11.8 Å². The van der Waals surface area contributed by atoms with E-state index in [1.54, 1.807) is 0 Å². The molecule has 0 atom stereocenters. The van der Waals surface area contributed by atoms with Gasteiger partial charge in [-0.05, 0) is 37.5 Å². The summed E-state index contributed by atoms with van der Waals surface area (Å²) in [5.41, 5.74) is 6.10. The molecule has 0 saturated heterocycles. The third-order valence-electron chi connectivity index (χ3n) is 4.24. The lowest BCUT2D eigenvalue weighted by atomic mass is 9.54. The van der Waals surface area contributed by atoms with Crippen LogP contribution in [0.1, 0.15) is 25.7 Å². The van der Waals surface area contributed by atoms with Gasteiger partial charge in [0.25, 0.3) is 0 Å². The molecule has 0 aromatic heterocycles. The monoisotopic (exact) mass is 165 g/mol. The van der Waals surface area contributed by atoms with E-state index in [-0.39, 0.29) is 0 Å². The SMILES string of the molecule is NC1C2CC3CC1CC(C2)C3=O. The Bertz CT molecular complexity index is 204. The zero-order chi connectivity index (χ0) is 8.29. The zero-order valence-corrected chi connectivity index (χ0v) is 7.20. The van der Waals surface area contributed by atoms with Crippen molar-refractivity contribution >= 4 is 5.78 Å². The van der Waals surface area contributed by atoms with E-state index >= 15 is 0 Å². The molecule has 0 aromatic rings. The second-order valence-electron chi connectivity index (χ2n) is 4.84. The van der Waals surface area contributed by atoms with E-state index in [0.717, 1.165) is 25.7 Å². The third-order valence-corrected chi connectivity index (χ3v) is 4.24. The maximum Gasteiger partial charge on any atom is 0.139 e. The molecule has 0 amide bonds. The fourth-order valence-corrected chi connectivity index (χ4v) is 3.66. The van der Waals surface area contributed by atoms with Crippen molar-refractivity contribution in [1.82, 2.24) is 0 Å². The van der Waals surface area contributed by atoms with Gasteiger partial charge in [0, 0.05) is 17.9 Å². The Kier molecular flexibility index (Phi) is 1.24. The molecule has 0 heterocycles. The van der Waals surface area contributed by atoms with Crippen LogP contribution in [0.4, 0.5) is 0 Å². The van der Waals surface area contributed by atoms with Gasteiger partial charge in [-0.25, -0.2) is 0 Å². The third kappa shape index (κ3) is 0.717. The summed E-state index contributed by atoms with van der Waals surface area (Å²) in [5, 5.41) is 0. The highest BCUT2D eigenvalue weighted by Crippen LogP contribution is 2.51. The Morgan fingerprint density at radius 3 is 1.83 bits per heavy atom. The molecule has 4 aliphatic rings. The van der Waals surface area contributed by atoms with Crippen LogP contribution in [0.5, 0.6) is 0 Å². The van der Waals surface area contributed by atoms with Gasteiger partial charge >= 0.3 is 0 Å². The largest absolute Gasteiger partial charge is 0.327 e. The van der Waals surface area contributed by atoms with Gasteiger partial charge in [-0.2, -0.15) is 0 Å². The molecule has 2 N–H and O–H groups in total. The summed E-state index contributed by atoms with van der Waals surface area (Å²) >= 11 is 0. The Hall–Kier alpha value is -0.370. The van der Waals surface area contributed by atoms with Crippen LogP contribution in [0.25, 0.3) is 0 Å².